The van der Waals surface area contributed by atoms with E-state index in [-0.39, 0.29) is 49.3 Å². The van der Waals surface area contributed by atoms with Crippen LogP contribution in [0.25, 0.3) is 0 Å². The fourth-order valence-electron chi connectivity index (χ4n) is 6.63. The van der Waals surface area contributed by atoms with Crippen LogP contribution in [-0.2, 0) is 36.8 Å². The SMILES string of the molecule is CC(C)CC1NC(=O)C(C(C)O)N=CC(C(C)C)NC(=O)C(Cc2ccccc2)NC(=O)C(C(C)C)NC(=O)C(Cc2ccccc2)NC(=O)C(CC(C)C)[NH+]=C1O. The molecular weight excluding hydrogens is 739 g/mol. The van der Waals surface area contributed by atoms with Gasteiger partial charge in [-0.05, 0) is 48.1 Å². The summed E-state index contributed by atoms with van der Waals surface area (Å²) >= 11 is 0. The summed E-state index contributed by atoms with van der Waals surface area (Å²) < 4.78 is 0. The molecule has 0 saturated heterocycles. The lowest BCUT2D eigenvalue weighted by Crippen LogP contribution is -2.86. The first-order valence-electron chi connectivity index (χ1n) is 20.5. The number of hydrogen-bond donors (Lipinski definition) is 8. The van der Waals surface area contributed by atoms with Crippen LogP contribution in [0.3, 0.4) is 0 Å². The number of aliphatic hydroxyl groups excluding tert-OH is 2. The fourth-order valence-corrected chi connectivity index (χ4v) is 6.63. The molecule has 318 valence electrons. The Bertz CT molecular complexity index is 1710. The van der Waals surface area contributed by atoms with Crippen molar-refractivity contribution >= 4 is 41.6 Å². The van der Waals surface area contributed by atoms with Gasteiger partial charge in [-0.2, -0.15) is 0 Å². The van der Waals surface area contributed by atoms with Crippen molar-refractivity contribution in [1.29, 1.82) is 0 Å². The standard InChI is InChI=1S/C44H65N7O7/c1-25(2)20-32-39(53)47-35(23-31-18-14-11-15-19-31)42(56)51-37(28(7)8)43(57)49-34(22-30-16-12-10-13-17-30)41(55)50-36(27(5)6)24-45-38(29(9)52)44(58)48-33(21-26(3)4)40(54)46-32/h10-19,24-29,32-38,52H,20-23H2,1-9H3,(H,46,54)(H,47,53)(H,48,58)(H,49,57)(H,50,55)(H,51,56)/p+1. The molecule has 8 atom stereocenters. The Balaban J connectivity index is 2.20. The van der Waals surface area contributed by atoms with Gasteiger partial charge in [0.25, 0.3) is 5.91 Å². The summed E-state index contributed by atoms with van der Waals surface area (Å²) in [6.45, 7) is 16.4. The van der Waals surface area contributed by atoms with Crippen molar-refractivity contribution in [3.8, 4) is 0 Å². The molecule has 1 aliphatic rings. The maximum Gasteiger partial charge on any atom is 0.356 e. The van der Waals surface area contributed by atoms with Crippen LogP contribution in [-0.4, -0.2) is 100 Å². The van der Waals surface area contributed by atoms with E-state index in [0.717, 1.165) is 11.1 Å². The van der Waals surface area contributed by atoms with Crippen LogP contribution < -0.4 is 31.6 Å². The van der Waals surface area contributed by atoms with Crippen LogP contribution in [0.2, 0.25) is 0 Å². The molecule has 2 aromatic carbocycles. The molecule has 0 radical (unpaired) electrons. The molecule has 0 saturated carbocycles. The lowest BCUT2D eigenvalue weighted by atomic mass is 9.98. The molecule has 3 rings (SSSR count). The molecule has 8 unspecified atom stereocenters. The maximum absolute atomic E-state index is 14.2. The van der Waals surface area contributed by atoms with Crippen molar-refractivity contribution in [1.82, 2.24) is 26.6 Å². The third-order valence-electron chi connectivity index (χ3n) is 9.94. The van der Waals surface area contributed by atoms with Crippen LogP contribution in [0, 0.1) is 23.7 Å². The normalized spacial score (nSPS) is 25.3. The summed E-state index contributed by atoms with van der Waals surface area (Å²) in [7, 11) is 0. The highest BCUT2D eigenvalue weighted by molar-refractivity contribution is 5.96. The van der Waals surface area contributed by atoms with Gasteiger partial charge in [-0.25, -0.2) is 4.99 Å². The minimum absolute atomic E-state index is 0.0110. The van der Waals surface area contributed by atoms with Crippen molar-refractivity contribution < 1.29 is 39.2 Å². The van der Waals surface area contributed by atoms with Crippen LogP contribution >= 0.6 is 0 Å². The highest BCUT2D eigenvalue weighted by Gasteiger charge is 2.37. The average molecular weight is 805 g/mol. The number of carbonyl (C=O) groups excluding carboxylic acids is 5. The molecule has 0 aliphatic carbocycles. The van der Waals surface area contributed by atoms with E-state index < -0.39 is 83.9 Å². The summed E-state index contributed by atoms with van der Waals surface area (Å²) in [5.41, 5.74) is 1.54. The summed E-state index contributed by atoms with van der Waals surface area (Å²) in [6.07, 6.45) is 0.927. The Morgan fingerprint density at radius 3 is 1.53 bits per heavy atom. The summed E-state index contributed by atoms with van der Waals surface area (Å²) in [5, 5.41) is 36.7. The van der Waals surface area contributed by atoms with Crippen molar-refractivity contribution in [3.05, 3.63) is 71.8 Å². The minimum Gasteiger partial charge on any atom is -0.462 e. The Labute approximate surface area is 343 Å². The van der Waals surface area contributed by atoms with Crippen LogP contribution in [0.15, 0.2) is 65.7 Å². The summed E-state index contributed by atoms with van der Waals surface area (Å²) in [6, 6.07) is 11.0. The number of aliphatic imine (C=N–C) groups is 1. The minimum atomic E-state index is -1.31. The Hall–Kier alpha value is -5.11. The Morgan fingerprint density at radius 1 is 0.586 bits per heavy atom. The molecule has 2 aromatic rings. The highest BCUT2D eigenvalue weighted by Crippen LogP contribution is 2.13. The van der Waals surface area contributed by atoms with Gasteiger partial charge in [0.15, 0.2) is 12.1 Å². The first kappa shape index (κ1) is 47.3. The lowest BCUT2D eigenvalue weighted by Gasteiger charge is -2.28. The third-order valence-corrected chi connectivity index (χ3v) is 9.94. The largest absolute Gasteiger partial charge is 0.462 e. The summed E-state index contributed by atoms with van der Waals surface area (Å²) in [4.78, 5) is 77.8. The van der Waals surface area contributed by atoms with Crippen LogP contribution in [0.4, 0.5) is 0 Å². The number of benzene rings is 2. The van der Waals surface area contributed by atoms with E-state index in [1.165, 1.54) is 13.1 Å². The molecule has 0 aromatic heterocycles. The van der Waals surface area contributed by atoms with E-state index in [1.807, 2.05) is 102 Å². The number of nitrogens with one attached hydrogen (secondary N) is 6. The molecular formula is C44H66N7O7+. The predicted molar refractivity (Wildman–Crippen MR) is 225 cm³/mol. The molecule has 1 aliphatic heterocycles. The van der Waals surface area contributed by atoms with E-state index >= 15 is 0 Å². The number of rotatable bonds is 11. The molecule has 1 heterocycles. The van der Waals surface area contributed by atoms with E-state index in [2.05, 4.69) is 36.6 Å². The monoisotopic (exact) mass is 805 g/mol. The topological polar surface area (TPSA) is 212 Å². The van der Waals surface area contributed by atoms with Crippen molar-refractivity contribution in [2.24, 2.45) is 28.7 Å². The van der Waals surface area contributed by atoms with Crippen molar-refractivity contribution in [2.45, 2.75) is 136 Å². The molecule has 0 bridgehead atoms. The molecule has 0 spiro atoms. The summed E-state index contributed by atoms with van der Waals surface area (Å²) in [5.74, 6) is -4.01. The zero-order chi connectivity index (χ0) is 43.1. The first-order chi connectivity index (χ1) is 27.4. The number of carbonyl (C=O) groups is 5. The second kappa shape index (κ2) is 22.7. The van der Waals surface area contributed by atoms with Gasteiger partial charge < -0.3 is 36.8 Å². The third kappa shape index (κ3) is 15.0. The predicted octanol–water partition coefficient (Wildman–Crippen LogP) is 1.54. The molecule has 14 heteroatoms. The lowest BCUT2D eigenvalue weighted by molar-refractivity contribution is -0.500. The van der Waals surface area contributed by atoms with Crippen LogP contribution in [0.1, 0.15) is 86.3 Å². The van der Waals surface area contributed by atoms with Gasteiger partial charge in [0, 0.05) is 25.5 Å². The fraction of sp³-hybridized carbons (Fsp3) is 0.568. The first-order valence-corrected chi connectivity index (χ1v) is 20.5. The van der Waals surface area contributed by atoms with E-state index in [0.29, 0.717) is 0 Å². The maximum atomic E-state index is 14.2. The van der Waals surface area contributed by atoms with Gasteiger partial charge in [0.1, 0.15) is 18.1 Å². The van der Waals surface area contributed by atoms with Gasteiger partial charge >= 0.3 is 5.90 Å². The zero-order valence-electron chi connectivity index (χ0n) is 35.5. The Morgan fingerprint density at radius 2 is 1.07 bits per heavy atom. The molecule has 14 nitrogen and oxygen atoms in total. The van der Waals surface area contributed by atoms with Crippen LogP contribution in [0.5, 0.6) is 0 Å². The van der Waals surface area contributed by atoms with Gasteiger partial charge in [-0.3, -0.25) is 29.0 Å². The number of amides is 5. The van der Waals surface area contributed by atoms with Crippen molar-refractivity contribution in [3.63, 3.8) is 0 Å². The van der Waals surface area contributed by atoms with Crippen molar-refractivity contribution in [2.75, 3.05) is 0 Å². The quantitative estimate of drug-likeness (QED) is 0.168. The highest BCUT2D eigenvalue weighted by atomic mass is 16.3. The van der Waals surface area contributed by atoms with E-state index in [1.54, 1.807) is 13.8 Å². The second-order valence-corrected chi connectivity index (χ2v) is 16.9. The van der Waals surface area contributed by atoms with Gasteiger partial charge in [-0.1, -0.05) is 116 Å². The van der Waals surface area contributed by atoms with E-state index in [9.17, 15) is 34.2 Å². The average Bonchev–Trinajstić information content (AvgIpc) is 3.14. The number of nitrogens with zero attached hydrogens (tertiary/aromatic N) is 1. The second-order valence-electron chi connectivity index (χ2n) is 16.9. The van der Waals surface area contributed by atoms with Gasteiger partial charge in [0.2, 0.25) is 29.7 Å². The Kier molecular flexibility index (Phi) is 18.5. The number of aliphatic hydroxyl groups is 2. The van der Waals surface area contributed by atoms with Gasteiger partial charge in [0.05, 0.1) is 12.1 Å². The molecule has 58 heavy (non-hydrogen) atoms. The van der Waals surface area contributed by atoms with E-state index in [4.69, 9.17) is 0 Å². The number of hydrogen-bond acceptors (Lipinski definition) is 7. The van der Waals surface area contributed by atoms with Gasteiger partial charge in [-0.15, -0.1) is 0 Å². The zero-order valence-corrected chi connectivity index (χ0v) is 35.5. The molecule has 8 N–H and O–H groups in total. The molecule has 0 fully saturated rings. The molecule has 5 amide bonds. The smallest absolute Gasteiger partial charge is 0.356 e.